The normalized spacial score (nSPS) is 16.5. The summed E-state index contributed by atoms with van der Waals surface area (Å²) >= 11 is 1.60. The fraction of sp³-hybridized carbons (Fsp3) is 0.538. The van der Waals surface area contributed by atoms with Crippen LogP contribution in [-0.2, 0) is 11.3 Å². The molecule has 3 N–H and O–H groups in total. The summed E-state index contributed by atoms with van der Waals surface area (Å²) in [7, 11) is 0. The van der Waals surface area contributed by atoms with Crippen LogP contribution in [0.1, 0.15) is 36.1 Å². The maximum atomic E-state index is 11.8. The van der Waals surface area contributed by atoms with Gasteiger partial charge >= 0.3 is 12.0 Å². The predicted octanol–water partition coefficient (Wildman–Crippen LogP) is 2.25. The first-order chi connectivity index (χ1) is 9.01. The molecule has 0 spiro atoms. The Labute approximate surface area is 116 Å². The predicted molar refractivity (Wildman–Crippen MR) is 73.3 cm³/mol. The molecule has 1 aliphatic rings. The van der Waals surface area contributed by atoms with Crippen LogP contribution in [0.2, 0.25) is 0 Å². The minimum Gasteiger partial charge on any atom is -0.481 e. The summed E-state index contributed by atoms with van der Waals surface area (Å²) in [6.45, 7) is 2.49. The Morgan fingerprint density at radius 1 is 1.47 bits per heavy atom. The molecule has 1 heterocycles. The lowest BCUT2D eigenvalue weighted by atomic mass is 9.74. The third-order valence-corrected chi connectivity index (χ3v) is 4.58. The molecule has 19 heavy (non-hydrogen) atoms. The van der Waals surface area contributed by atoms with Crippen molar-refractivity contribution in [1.82, 2.24) is 10.6 Å². The number of carbonyl (C=O) groups is 2. The molecule has 1 aromatic rings. The van der Waals surface area contributed by atoms with Crippen molar-refractivity contribution in [3.8, 4) is 0 Å². The summed E-state index contributed by atoms with van der Waals surface area (Å²) in [6.07, 6.45) is 2.45. The van der Waals surface area contributed by atoms with Crippen LogP contribution in [0.3, 0.4) is 0 Å². The Hall–Kier alpha value is -1.56. The standard InChI is InChI=1S/C13H18N2O3S/c1-9-3-6-19-10(9)8-14-12(18)15-13(4-2-5-13)7-11(16)17/h3,6H,2,4-5,7-8H2,1H3,(H,16,17)(H2,14,15,18). The Morgan fingerprint density at radius 2 is 2.21 bits per heavy atom. The zero-order valence-electron chi connectivity index (χ0n) is 10.9. The van der Waals surface area contributed by atoms with Crippen LogP contribution >= 0.6 is 11.3 Å². The highest BCUT2D eigenvalue weighted by atomic mass is 32.1. The van der Waals surface area contributed by atoms with Crippen LogP contribution in [-0.4, -0.2) is 22.6 Å². The van der Waals surface area contributed by atoms with E-state index in [0.717, 1.165) is 29.7 Å². The van der Waals surface area contributed by atoms with Gasteiger partial charge in [0.15, 0.2) is 0 Å². The molecule has 0 bridgehead atoms. The van der Waals surface area contributed by atoms with Crippen molar-refractivity contribution in [2.75, 3.05) is 0 Å². The molecule has 0 radical (unpaired) electrons. The highest BCUT2D eigenvalue weighted by Crippen LogP contribution is 2.34. The van der Waals surface area contributed by atoms with Crippen molar-refractivity contribution < 1.29 is 14.7 Å². The van der Waals surface area contributed by atoms with Gasteiger partial charge in [0.05, 0.1) is 18.5 Å². The first kappa shape index (κ1) is 13.9. The number of hydrogen-bond donors (Lipinski definition) is 3. The number of amides is 2. The van der Waals surface area contributed by atoms with Gasteiger partial charge in [-0.1, -0.05) is 0 Å². The molecule has 0 saturated heterocycles. The first-order valence-electron chi connectivity index (χ1n) is 6.32. The van der Waals surface area contributed by atoms with E-state index in [9.17, 15) is 9.59 Å². The minimum absolute atomic E-state index is 0.00154. The second kappa shape index (κ2) is 5.61. The number of carboxylic acids is 1. The quantitative estimate of drug-likeness (QED) is 0.775. The molecule has 0 aromatic carbocycles. The fourth-order valence-electron chi connectivity index (χ4n) is 2.27. The third kappa shape index (κ3) is 3.47. The van der Waals surface area contributed by atoms with Crippen molar-refractivity contribution in [1.29, 1.82) is 0 Å². The Bertz CT molecular complexity index is 480. The maximum absolute atomic E-state index is 11.8. The highest BCUT2D eigenvalue weighted by molar-refractivity contribution is 7.10. The Kier molecular flexibility index (Phi) is 4.09. The van der Waals surface area contributed by atoms with E-state index in [1.807, 2.05) is 18.4 Å². The molecule has 1 saturated carbocycles. The maximum Gasteiger partial charge on any atom is 0.315 e. The summed E-state index contributed by atoms with van der Waals surface area (Å²) in [5.41, 5.74) is 0.620. The molecule has 104 valence electrons. The van der Waals surface area contributed by atoms with Gasteiger partial charge in [0.1, 0.15) is 0 Å². The lowest BCUT2D eigenvalue weighted by molar-refractivity contribution is -0.139. The van der Waals surface area contributed by atoms with Crippen LogP contribution < -0.4 is 10.6 Å². The van der Waals surface area contributed by atoms with Crippen molar-refractivity contribution >= 4 is 23.3 Å². The summed E-state index contributed by atoms with van der Waals surface area (Å²) < 4.78 is 0. The van der Waals surface area contributed by atoms with Crippen LogP contribution in [0.4, 0.5) is 4.79 Å². The second-order valence-corrected chi connectivity index (χ2v) is 6.04. The second-order valence-electron chi connectivity index (χ2n) is 5.04. The molecule has 2 amide bonds. The van der Waals surface area contributed by atoms with Crippen molar-refractivity contribution in [3.63, 3.8) is 0 Å². The summed E-state index contributed by atoms with van der Waals surface area (Å²) in [5, 5.41) is 16.5. The van der Waals surface area contributed by atoms with Gasteiger partial charge in [-0.3, -0.25) is 4.79 Å². The van der Waals surface area contributed by atoms with E-state index < -0.39 is 11.5 Å². The van der Waals surface area contributed by atoms with Gasteiger partial charge in [-0.15, -0.1) is 11.3 Å². The number of hydrogen-bond acceptors (Lipinski definition) is 3. The Balaban J connectivity index is 1.83. The largest absolute Gasteiger partial charge is 0.481 e. The van der Waals surface area contributed by atoms with E-state index in [-0.39, 0.29) is 12.5 Å². The fourth-order valence-corrected chi connectivity index (χ4v) is 3.12. The summed E-state index contributed by atoms with van der Waals surface area (Å²) in [5.74, 6) is -0.867. The average molecular weight is 282 g/mol. The van der Waals surface area contributed by atoms with Crippen LogP contribution in [0.5, 0.6) is 0 Å². The van der Waals surface area contributed by atoms with E-state index in [1.165, 1.54) is 0 Å². The van der Waals surface area contributed by atoms with E-state index in [0.29, 0.717) is 6.54 Å². The van der Waals surface area contributed by atoms with E-state index in [4.69, 9.17) is 5.11 Å². The van der Waals surface area contributed by atoms with Crippen molar-refractivity contribution in [3.05, 3.63) is 21.9 Å². The zero-order chi connectivity index (χ0) is 13.9. The zero-order valence-corrected chi connectivity index (χ0v) is 11.7. The number of aryl methyl sites for hydroxylation is 1. The van der Waals surface area contributed by atoms with Gasteiger partial charge in [0.25, 0.3) is 0 Å². The first-order valence-corrected chi connectivity index (χ1v) is 7.19. The third-order valence-electron chi connectivity index (χ3n) is 3.56. The van der Waals surface area contributed by atoms with Gasteiger partial charge < -0.3 is 15.7 Å². The van der Waals surface area contributed by atoms with Crippen LogP contribution in [0.15, 0.2) is 11.4 Å². The molecule has 2 rings (SSSR count). The molecule has 1 aliphatic carbocycles. The van der Waals surface area contributed by atoms with Gasteiger partial charge in [-0.25, -0.2) is 4.79 Å². The number of carbonyl (C=O) groups excluding carboxylic acids is 1. The van der Waals surface area contributed by atoms with Crippen LogP contribution in [0, 0.1) is 6.92 Å². The minimum atomic E-state index is -0.867. The van der Waals surface area contributed by atoms with Gasteiger partial charge in [-0.05, 0) is 43.2 Å². The van der Waals surface area contributed by atoms with E-state index >= 15 is 0 Å². The number of thiophene rings is 1. The molecule has 1 fully saturated rings. The summed E-state index contributed by atoms with van der Waals surface area (Å²) in [4.78, 5) is 23.8. The van der Waals surface area contributed by atoms with Crippen molar-refractivity contribution in [2.24, 2.45) is 0 Å². The topological polar surface area (TPSA) is 78.4 Å². The molecule has 1 aromatic heterocycles. The lowest BCUT2D eigenvalue weighted by Crippen LogP contribution is -2.57. The average Bonchev–Trinajstić information content (AvgIpc) is 2.68. The lowest BCUT2D eigenvalue weighted by Gasteiger charge is -2.41. The van der Waals surface area contributed by atoms with E-state index in [2.05, 4.69) is 10.6 Å². The number of aliphatic carboxylic acids is 1. The highest BCUT2D eigenvalue weighted by Gasteiger charge is 2.40. The number of rotatable bonds is 5. The molecule has 0 unspecified atom stereocenters. The SMILES string of the molecule is Cc1ccsc1CNC(=O)NC1(CC(=O)O)CCC1. The number of nitrogens with one attached hydrogen (secondary N) is 2. The van der Waals surface area contributed by atoms with Gasteiger partial charge in [0, 0.05) is 4.88 Å². The monoisotopic (exact) mass is 282 g/mol. The van der Waals surface area contributed by atoms with Gasteiger partial charge in [0.2, 0.25) is 0 Å². The number of carboxylic acid groups (broad SMARTS) is 1. The summed E-state index contributed by atoms with van der Waals surface area (Å²) in [6, 6.07) is 1.73. The number of urea groups is 1. The molecular weight excluding hydrogens is 264 g/mol. The molecule has 6 heteroatoms. The molecule has 0 aliphatic heterocycles. The van der Waals surface area contributed by atoms with E-state index in [1.54, 1.807) is 11.3 Å². The smallest absolute Gasteiger partial charge is 0.315 e. The van der Waals surface area contributed by atoms with Crippen LogP contribution in [0.25, 0.3) is 0 Å². The molecule has 5 nitrogen and oxygen atoms in total. The molecule has 0 atom stereocenters. The van der Waals surface area contributed by atoms with Crippen molar-refractivity contribution in [2.45, 2.75) is 44.7 Å². The molecular formula is C13H18N2O3S. The Morgan fingerprint density at radius 3 is 2.68 bits per heavy atom. The van der Waals surface area contributed by atoms with Gasteiger partial charge in [-0.2, -0.15) is 0 Å².